The van der Waals surface area contributed by atoms with Crippen molar-refractivity contribution in [1.29, 1.82) is 0 Å². The van der Waals surface area contributed by atoms with Crippen LogP contribution in [0.4, 0.5) is 0 Å². The van der Waals surface area contributed by atoms with Gasteiger partial charge in [0.2, 0.25) is 0 Å². The van der Waals surface area contributed by atoms with Gasteiger partial charge in [-0.1, -0.05) is 0 Å². The number of ether oxygens (including phenoxy) is 1. The topological polar surface area (TPSA) is 9.23 Å². The van der Waals surface area contributed by atoms with Crippen LogP contribution >= 0.6 is 24.0 Å². The molecule has 0 bridgehead atoms. The van der Waals surface area contributed by atoms with Crippen molar-refractivity contribution in [2.24, 2.45) is 0 Å². The van der Waals surface area contributed by atoms with E-state index in [9.17, 15) is 0 Å². The molecule has 0 aromatic carbocycles. The highest BCUT2D eigenvalue weighted by atomic mass is 32.1. The molecule has 0 fully saturated rings. The summed E-state index contributed by atoms with van der Waals surface area (Å²) in [5.74, 6) is 1.88. The van der Waals surface area contributed by atoms with Gasteiger partial charge in [-0.25, -0.2) is 0 Å². The zero-order valence-electron chi connectivity index (χ0n) is 5.83. The molecule has 0 aliphatic heterocycles. The van der Waals surface area contributed by atoms with Crippen LogP contribution in [-0.2, 0) is 6.42 Å². The first-order valence-electron chi connectivity index (χ1n) is 3.08. The Bertz CT molecular complexity index is 195. The van der Waals surface area contributed by atoms with E-state index in [4.69, 9.17) is 4.74 Å². The molecule has 0 aliphatic rings. The molecule has 1 nitrogen and oxygen atoms in total. The number of aryl methyl sites for hydroxylation is 1. The van der Waals surface area contributed by atoms with Gasteiger partial charge in [-0.15, -0.1) is 11.3 Å². The van der Waals surface area contributed by atoms with E-state index >= 15 is 0 Å². The van der Waals surface area contributed by atoms with Gasteiger partial charge >= 0.3 is 0 Å². The fourth-order valence-corrected chi connectivity index (χ4v) is 1.87. The van der Waals surface area contributed by atoms with Crippen molar-refractivity contribution >= 4 is 24.0 Å². The van der Waals surface area contributed by atoms with Gasteiger partial charge in [-0.05, 0) is 17.6 Å². The highest BCUT2D eigenvalue weighted by Crippen LogP contribution is 2.23. The minimum Gasteiger partial charge on any atom is -0.496 e. The SMILES string of the molecule is COc1cscc1CCS. The molecule has 0 radical (unpaired) electrons. The van der Waals surface area contributed by atoms with E-state index < -0.39 is 0 Å². The first-order chi connectivity index (χ1) is 4.88. The van der Waals surface area contributed by atoms with Gasteiger partial charge in [0.15, 0.2) is 0 Å². The zero-order valence-corrected chi connectivity index (χ0v) is 7.54. The Kier molecular flexibility index (Phi) is 3.09. The summed E-state index contributed by atoms with van der Waals surface area (Å²) in [7, 11) is 1.70. The molecule has 3 heteroatoms. The maximum Gasteiger partial charge on any atom is 0.132 e. The quantitative estimate of drug-likeness (QED) is 0.691. The number of thiophene rings is 1. The summed E-state index contributed by atoms with van der Waals surface area (Å²) in [4.78, 5) is 0. The Hall–Kier alpha value is -0.150. The van der Waals surface area contributed by atoms with E-state index in [1.807, 2.05) is 5.38 Å². The van der Waals surface area contributed by atoms with Crippen molar-refractivity contribution in [3.05, 3.63) is 16.3 Å². The fraction of sp³-hybridized carbons (Fsp3) is 0.429. The van der Waals surface area contributed by atoms with Crippen LogP contribution in [0.5, 0.6) is 5.75 Å². The summed E-state index contributed by atoms with van der Waals surface area (Å²) < 4.78 is 5.11. The molecular formula is C7H10OS2. The lowest BCUT2D eigenvalue weighted by Gasteiger charge is -1.98. The normalized spacial score (nSPS) is 9.80. The first-order valence-corrected chi connectivity index (χ1v) is 4.66. The minimum absolute atomic E-state index is 0.882. The molecule has 0 amide bonds. The predicted octanol–water partition coefficient (Wildman–Crippen LogP) is 2.23. The minimum atomic E-state index is 0.882. The molecule has 1 rings (SSSR count). The number of methoxy groups -OCH3 is 1. The third-order valence-corrected chi connectivity index (χ3v) is 2.30. The van der Waals surface area contributed by atoms with E-state index in [-0.39, 0.29) is 0 Å². The number of thiol groups is 1. The summed E-state index contributed by atoms with van der Waals surface area (Å²) in [5, 5.41) is 4.12. The molecule has 10 heavy (non-hydrogen) atoms. The maximum absolute atomic E-state index is 5.11. The summed E-state index contributed by atoms with van der Waals surface area (Å²) >= 11 is 5.81. The second kappa shape index (κ2) is 3.88. The Morgan fingerprint density at radius 2 is 2.40 bits per heavy atom. The molecular weight excluding hydrogens is 164 g/mol. The van der Waals surface area contributed by atoms with Crippen molar-refractivity contribution < 1.29 is 4.74 Å². The molecule has 1 heterocycles. The summed E-state index contributed by atoms with van der Waals surface area (Å²) in [6.45, 7) is 0. The van der Waals surface area contributed by atoms with Gasteiger partial charge in [0.25, 0.3) is 0 Å². The lowest BCUT2D eigenvalue weighted by atomic mass is 10.2. The summed E-state index contributed by atoms with van der Waals surface area (Å²) in [5.41, 5.74) is 1.27. The molecule has 1 aromatic rings. The highest BCUT2D eigenvalue weighted by molar-refractivity contribution is 7.80. The van der Waals surface area contributed by atoms with Crippen LogP contribution in [0.15, 0.2) is 10.8 Å². The average Bonchev–Trinajstić information content (AvgIpc) is 2.36. The number of hydrogen-bond donors (Lipinski definition) is 1. The van der Waals surface area contributed by atoms with Gasteiger partial charge in [0.05, 0.1) is 7.11 Å². The van der Waals surface area contributed by atoms with Gasteiger partial charge in [0.1, 0.15) is 5.75 Å². The van der Waals surface area contributed by atoms with Crippen molar-refractivity contribution in [2.45, 2.75) is 6.42 Å². The standard InChI is InChI=1S/C7H10OS2/c1-8-7-5-10-4-6(7)2-3-9/h4-5,9H,2-3H2,1H3. The average molecular weight is 174 g/mol. The summed E-state index contributed by atoms with van der Waals surface area (Å²) in [6.07, 6.45) is 0.996. The summed E-state index contributed by atoms with van der Waals surface area (Å²) in [6, 6.07) is 0. The Labute approximate surface area is 70.4 Å². The molecule has 56 valence electrons. The molecule has 1 aromatic heterocycles. The lowest BCUT2D eigenvalue weighted by molar-refractivity contribution is 0.412. The Balaban J connectivity index is 2.70. The molecule has 0 N–H and O–H groups in total. The van der Waals surface area contributed by atoms with Crippen LogP contribution in [-0.4, -0.2) is 12.9 Å². The fourth-order valence-electron chi connectivity index (χ4n) is 0.794. The van der Waals surface area contributed by atoms with E-state index in [0.717, 1.165) is 17.9 Å². The van der Waals surface area contributed by atoms with Crippen LogP contribution < -0.4 is 4.74 Å². The van der Waals surface area contributed by atoms with Crippen LogP contribution in [0.3, 0.4) is 0 Å². The molecule has 0 unspecified atom stereocenters. The van der Waals surface area contributed by atoms with E-state index in [0.29, 0.717) is 0 Å². The monoisotopic (exact) mass is 174 g/mol. The number of rotatable bonds is 3. The highest BCUT2D eigenvalue weighted by Gasteiger charge is 2.00. The molecule has 0 saturated heterocycles. The first kappa shape index (κ1) is 7.95. The third-order valence-electron chi connectivity index (χ3n) is 1.30. The maximum atomic E-state index is 5.11. The van der Waals surface area contributed by atoms with Gasteiger partial charge in [0, 0.05) is 10.9 Å². The van der Waals surface area contributed by atoms with E-state index in [1.165, 1.54) is 5.56 Å². The number of hydrogen-bond acceptors (Lipinski definition) is 3. The van der Waals surface area contributed by atoms with Gasteiger partial charge in [-0.2, -0.15) is 12.6 Å². The predicted molar refractivity (Wildman–Crippen MR) is 48.4 cm³/mol. The third kappa shape index (κ3) is 1.67. The van der Waals surface area contributed by atoms with Crippen LogP contribution in [0, 0.1) is 0 Å². The zero-order chi connectivity index (χ0) is 7.40. The van der Waals surface area contributed by atoms with Crippen LogP contribution in [0.1, 0.15) is 5.56 Å². The Morgan fingerprint density at radius 1 is 1.60 bits per heavy atom. The second-order valence-electron chi connectivity index (χ2n) is 1.94. The largest absolute Gasteiger partial charge is 0.496 e. The molecule has 0 saturated carbocycles. The van der Waals surface area contributed by atoms with E-state index in [2.05, 4.69) is 18.0 Å². The molecule has 0 atom stereocenters. The van der Waals surface area contributed by atoms with Crippen molar-refractivity contribution in [3.63, 3.8) is 0 Å². The Morgan fingerprint density at radius 3 is 3.00 bits per heavy atom. The van der Waals surface area contributed by atoms with E-state index in [1.54, 1.807) is 18.4 Å². The molecule has 0 spiro atoms. The van der Waals surface area contributed by atoms with Crippen LogP contribution in [0.2, 0.25) is 0 Å². The van der Waals surface area contributed by atoms with Gasteiger partial charge < -0.3 is 4.74 Å². The molecule has 0 aliphatic carbocycles. The van der Waals surface area contributed by atoms with Crippen molar-refractivity contribution in [3.8, 4) is 5.75 Å². The second-order valence-corrected chi connectivity index (χ2v) is 3.13. The van der Waals surface area contributed by atoms with Crippen molar-refractivity contribution in [1.82, 2.24) is 0 Å². The van der Waals surface area contributed by atoms with Gasteiger partial charge in [-0.3, -0.25) is 0 Å². The van der Waals surface area contributed by atoms with Crippen molar-refractivity contribution in [2.75, 3.05) is 12.9 Å². The lowest BCUT2D eigenvalue weighted by Crippen LogP contribution is -1.87. The smallest absolute Gasteiger partial charge is 0.132 e. The van der Waals surface area contributed by atoms with Crippen LogP contribution in [0.25, 0.3) is 0 Å².